The molecule has 1 saturated carbocycles. The number of nitrogens with one attached hydrogen (secondary N) is 2. The zero-order valence-corrected chi connectivity index (χ0v) is 15.1. The number of nitrogens with zero attached hydrogens (tertiary/aromatic N) is 4. The van der Waals surface area contributed by atoms with Crippen molar-refractivity contribution in [3.05, 3.63) is 47.6 Å². The van der Waals surface area contributed by atoms with Crippen molar-refractivity contribution in [3.8, 4) is 0 Å². The van der Waals surface area contributed by atoms with E-state index < -0.39 is 0 Å². The van der Waals surface area contributed by atoms with Gasteiger partial charge >= 0.3 is 6.03 Å². The zero-order chi connectivity index (χ0) is 18.1. The molecule has 1 fully saturated rings. The van der Waals surface area contributed by atoms with E-state index in [0.717, 1.165) is 30.6 Å². The minimum atomic E-state index is -0.278. The molecular formula is C18H19ClN6O. The zero-order valence-electron chi connectivity index (χ0n) is 14.3. The Hall–Kier alpha value is -2.67. The Kier molecular flexibility index (Phi) is 4.46. The average molecular weight is 371 g/mol. The fraction of sp³-hybridized carbons (Fsp3) is 0.333. The number of halogens is 1. The van der Waals surface area contributed by atoms with Gasteiger partial charge in [-0.15, -0.1) is 0 Å². The number of fused-ring (bicyclic) bond motifs is 1. The maximum Gasteiger partial charge on any atom is 0.319 e. The number of carbonyl (C=O) groups excluding carboxylic acids is 1. The number of urea groups is 1. The number of amides is 2. The monoisotopic (exact) mass is 370 g/mol. The van der Waals surface area contributed by atoms with Gasteiger partial charge in [0.05, 0.1) is 22.3 Å². The Labute approximate surface area is 155 Å². The van der Waals surface area contributed by atoms with Crippen LogP contribution in [-0.4, -0.2) is 25.8 Å². The van der Waals surface area contributed by atoms with Crippen molar-refractivity contribution in [1.82, 2.24) is 25.1 Å². The van der Waals surface area contributed by atoms with Gasteiger partial charge in [0.1, 0.15) is 12.2 Å². The van der Waals surface area contributed by atoms with Crippen LogP contribution in [0.4, 0.5) is 10.5 Å². The van der Waals surface area contributed by atoms with Crippen molar-refractivity contribution < 1.29 is 4.79 Å². The maximum absolute atomic E-state index is 12.6. The first-order valence-electron chi connectivity index (χ1n) is 8.66. The smallest absolute Gasteiger partial charge is 0.319 e. The number of aromatic nitrogens is 4. The Bertz CT molecular complexity index is 952. The van der Waals surface area contributed by atoms with Crippen LogP contribution in [0.15, 0.2) is 36.8 Å². The molecule has 0 unspecified atom stereocenters. The van der Waals surface area contributed by atoms with E-state index in [4.69, 9.17) is 11.6 Å². The molecule has 0 saturated heterocycles. The Morgan fingerprint density at radius 2 is 2.19 bits per heavy atom. The summed E-state index contributed by atoms with van der Waals surface area (Å²) in [4.78, 5) is 21.3. The van der Waals surface area contributed by atoms with Gasteiger partial charge in [-0.05, 0) is 49.9 Å². The van der Waals surface area contributed by atoms with E-state index in [9.17, 15) is 4.79 Å². The Morgan fingerprint density at radius 1 is 1.35 bits per heavy atom. The molecule has 1 aliphatic carbocycles. The lowest BCUT2D eigenvalue weighted by atomic mass is 10.1. The molecule has 8 heteroatoms. The maximum atomic E-state index is 12.6. The average Bonchev–Trinajstić information content (AvgIpc) is 3.39. The number of pyridine rings is 1. The molecule has 1 aliphatic rings. The number of hydrogen-bond donors (Lipinski definition) is 2. The molecular weight excluding hydrogens is 352 g/mol. The van der Waals surface area contributed by atoms with E-state index in [1.165, 1.54) is 6.33 Å². The first-order chi connectivity index (χ1) is 12.7. The number of rotatable bonds is 5. The SMILES string of the molecule is CCn1ncnc1[C@H](NC(=O)Nc1ccc(Cl)c2ncccc12)C1CC1. The van der Waals surface area contributed by atoms with Gasteiger partial charge in [0.2, 0.25) is 0 Å². The topological polar surface area (TPSA) is 84.7 Å². The molecule has 2 N–H and O–H groups in total. The van der Waals surface area contributed by atoms with Crippen LogP contribution < -0.4 is 10.6 Å². The molecule has 1 atom stereocenters. The quantitative estimate of drug-likeness (QED) is 0.715. The molecule has 134 valence electrons. The molecule has 2 heterocycles. The van der Waals surface area contributed by atoms with Gasteiger partial charge < -0.3 is 10.6 Å². The lowest BCUT2D eigenvalue weighted by Gasteiger charge is -2.19. The fourth-order valence-corrected chi connectivity index (χ4v) is 3.34. The van der Waals surface area contributed by atoms with E-state index in [2.05, 4.69) is 25.7 Å². The standard InChI is InChI=1S/C18H19ClN6O/c1-2-25-17(21-10-22-25)15(11-5-6-11)24-18(26)23-14-8-7-13(19)16-12(14)4-3-9-20-16/h3-4,7-11,15H,2,5-6H2,1H3,(H2,23,24,26)/t15-/m1/s1. The highest BCUT2D eigenvalue weighted by atomic mass is 35.5. The summed E-state index contributed by atoms with van der Waals surface area (Å²) in [5.74, 6) is 1.20. The van der Waals surface area contributed by atoms with Gasteiger partial charge in [0.25, 0.3) is 0 Å². The van der Waals surface area contributed by atoms with Crippen LogP contribution in [0, 0.1) is 5.92 Å². The summed E-state index contributed by atoms with van der Waals surface area (Å²) in [5, 5.41) is 11.5. The third kappa shape index (κ3) is 3.22. The van der Waals surface area contributed by atoms with E-state index in [0.29, 0.717) is 22.1 Å². The van der Waals surface area contributed by atoms with E-state index in [1.807, 2.05) is 23.7 Å². The van der Waals surface area contributed by atoms with Crippen LogP contribution in [0.5, 0.6) is 0 Å². The summed E-state index contributed by atoms with van der Waals surface area (Å²) in [6.07, 6.45) is 5.37. The van der Waals surface area contributed by atoms with Gasteiger partial charge in [-0.2, -0.15) is 5.10 Å². The van der Waals surface area contributed by atoms with Crippen LogP contribution in [-0.2, 0) is 6.54 Å². The van der Waals surface area contributed by atoms with Crippen molar-refractivity contribution in [2.45, 2.75) is 32.4 Å². The van der Waals surface area contributed by atoms with Crippen molar-refractivity contribution >= 4 is 34.2 Å². The summed E-state index contributed by atoms with van der Waals surface area (Å²) in [6.45, 7) is 2.73. The highest BCUT2D eigenvalue weighted by molar-refractivity contribution is 6.35. The van der Waals surface area contributed by atoms with E-state index in [-0.39, 0.29) is 12.1 Å². The van der Waals surface area contributed by atoms with Crippen LogP contribution in [0.3, 0.4) is 0 Å². The van der Waals surface area contributed by atoms with Crippen LogP contribution >= 0.6 is 11.6 Å². The minimum absolute atomic E-state index is 0.144. The van der Waals surface area contributed by atoms with Gasteiger partial charge in [-0.3, -0.25) is 4.98 Å². The molecule has 7 nitrogen and oxygen atoms in total. The summed E-state index contributed by atoms with van der Waals surface area (Å²) in [5.41, 5.74) is 1.33. The molecule has 3 aromatic rings. The van der Waals surface area contributed by atoms with E-state index >= 15 is 0 Å². The van der Waals surface area contributed by atoms with Gasteiger partial charge in [0, 0.05) is 18.1 Å². The van der Waals surface area contributed by atoms with Gasteiger partial charge in [-0.1, -0.05) is 11.6 Å². The predicted octanol–water partition coefficient (Wildman–Crippen LogP) is 3.77. The lowest BCUT2D eigenvalue weighted by Crippen LogP contribution is -2.35. The number of carbonyl (C=O) groups is 1. The normalized spacial score (nSPS) is 15.0. The number of aryl methyl sites for hydroxylation is 1. The fourth-order valence-electron chi connectivity index (χ4n) is 3.13. The lowest BCUT2D eigenvalue weighted by molar-refractivity contribution is 0.246. The number of anilines is 1. The second kappa shape index (κ2) is 6.92. The molecule has 0 bridgehead atoms. The van der Waals surface area contributed by atoms with Crippen molar-refractivity contribution in [1.29, 1.82) is 0 Å². The molecule has 2 aromatic heterocycles. The highest BCUT2D eigenvalue weighted by Gasteiger charge is 2.36. The molecule has 0 aliphatic heterocycles. The number of hydrogen-bond acceptors (Lipinski definition) is 4. The molecule has 0 radical (unpaired) electrons. The molecule has 0 spiro atoms. The summed E-state index contributed by atoms with van der Waals surface area (Å²) >= 11 is 6.19. The molecule has 26 heavy (non-hydrogen) atoms. The molecule has 2 amide bonds. The van der Waals surface area contributed by atoms with Crippen LogP contribution in [0.2, 0.25) is 5.02 Å². The predicted molar refractivity (Wildman–Crippen MR) is 100 cm³/mol. The summed E-state index contributed by atoms with van der Waals surface area (Å²) in [6, 6.07) is 6.80. The van der Waals surface area contributed by atoms with E-state index in [1.54, 1.807) is 18.3 Å². The molecule has 4 rings (SSSR count). The van der Waals surface area contributed by atoms with Gasteiger partial charge in [0.15, 0.2) is 0 Å². The van der Waals surface area contributed by atoms with Crippen molar-refractivity contribution in [2.75, 3.05) is 5.32 Å². The third-order valence-corrected chi connectivity index (χ3v) is 4.88. The second-order valence-electron chi connectivity index (χ2n) is 6.34. The van der Waals surface area contributed by atoms with Crippen molar-refractivity contribution in [3.63, 3.8) is 0 Å². The van der Waals surface area contributed by atoms with Crippen LogP contribution in [0.25, 0.3) is 10.9 Å². The van der Waals surface area contributed by atoms with Crippen LogP contribution in [0.1, 0.15) is 31.6 Å². The largest absolute Gasteiger partial charge is 0.328 e. The summed E-state index contributed by atoms with van der Waals surface area (Å²) < 4.78 is 1.82. The summed E-state index contributed by atoms with van der Waals surface area (Å²) in [7, 11) is 0. The first kappa shape index (κ1) is 16.8. The first-order valence-corrected chi connectivity index (χ1v) is 9.03. The van der Waals surface area contributed by atoms with Crippen molar-refractivity contribution in [2.24, 2.45) is 5.92 Å². The third-order valence-electron chi connectivity index (χ3n) is 4.57. The Balaban J connectivity index is 1.56. The molecule has 1 aromatic carbocycles. The van der Waals surface area contributed by atoms with Gasteiger partial charge in [-0.25, -0.2) is 14.5 Å². The highest BCUT2D eigenvalue weighted by Crippen LogP contribution is 2.40. The number of benzene rings is 1. The minimum Gasteiger partial charge on any atom is -0.328 e. The second-order valence-corrected chi connectivity index (χ2v) is 6.75. The Morgan fingerprint density at radius 3 is 2.96 bits per heavy atom.